The topological polar surface area (TPSA) is 32.3 Å². The zero-order valence-corrected chi connectivity index (χ0v) is 11.3. The first-order chi connectivity index (χ1) is 9.56. The van der Waals surface area contributed by atoms with E-state index in [1.165, 1.54) is 4.90 Å². The molecule has 1 aliphatic rings. The molecule has 1 aromatic carbocycles. The average Bonchev–Trinajstić information content (AvgIpc) is 2.47. The van der Waals surface area contributed by atoms with Crippen molar-refractivity contribution in [1.29, 1.82) is 0 Å². The second-order valence-electron chi connectivity index (χ2n) is 4.81. The number of amides is 1. The van der Waals surface area contributed by atoms with Gasteiger partial charge in [-0.3, -0.25) is 4.79 Å². The number of carbonyl (C=O) groups excluding carboxylic acids is 1. The summed E-state index contributed by atoms with van der Waals surface area (Å²) in [6.45, 7) is 3.70. The standard InChI is InChI=1S/C14H17F3N2O/c1-2-19(9-4-3-7-18-8-9)14(20)10-5-6-11(15)13(17)12(10)16/h5-6,9,18H,2-4,7-8H2,1H3. The maximum absolute atomic E-state index is 13.7. The monoisotopic (exact) mass is 286 g/mol. The van der Waals surface area contributed by atoms with E-state index in [4.69, 9.17) is 0 Å². The van der Waals surface area contributed by atoms with E-state index < -0.39 is 28.9 Å². The van der Waals surface area contributed by atoms with E-state index in [-0.39, 0.29) is 6.04 Å². The molecule has 0 radical (unpaired) electrons. The van der Waals surface area contributed by atoms with Gasteiger partial charge in [0, 0.05) is 19.1 Å². The Labute approximate surface area is 115 Å². The Hall–Kier alpha value is -1.56. The van der Waals surface area contributed by atoms with Crippen LogP contribution < -0.4 is 5.32 Å². The van der Waals surface area contributed by atoms with Crippen LogP contribution in [0.15, 0.2) is 12.1 Å². The van der Waals surface area contributed by atoms with Crippen molar-refractivity contribution in [3.8, 4) is 0 Å². The Bertz CT molecular complexity index is 501. The third-order valence-electron chi connectivity index (χ3n) is 3.58. The summed E-state index contributed by atoms with van der Waals surface area (Å²) in [4.78, 5) is 13.8. The van der Waals surface area contributed by atoms with E-state index in [0.29, 0.717) is 13.1 Å². The summed E-state index contributed by atoms with van der Waals surface area (Å²) in [5, 5.41) is 3.17. The molecule has 0 aliphatic carbocycles. The molecule has 1 aromatic rings. The molecule has 110 valence electrons. The number of benzene rings is 1. The zero-order valence-electron chi connectivity index (χ0n) is 11.3. The second kappa shape index (κ2) is 6.26. The smallest absolute Gasteiger partial charge is 0.257 e. The van der Waals surface area contributed by atoms with Gasteiger partial charge in [-0.25, -0.2) is 13.2 Å². The van der Waals surface area contributed by atoms with E-state index in [2.05, 4.69) is 5.32 Å². The van der Waals surface area contributed by atoms with Crippen LogP contribution in [-0.4, -0.2) is 36.5 Å². The van der Waals surface area contributed by atoms with Gasteiger partial charge in [-0.1, -0.05) is 0 Å². The van der Waals surface area contributed by atoms with Crippen LogP contribution in [0.5, 0.6) is 0 Å². The van der Waals surface area contributed by atoms with Gasteiger partial charge in [0.05, 0.1) is 5.56 Å². The van der Waals surface area contributed by atoms with E-state index in [1.54, 1.807) is 6.92 Å². The van der Waals surface area contributed by atoms with Crippen molar-refractivity contribution >= 4 is 5.91 Å². The molecule has 1 heterocycles. The number of nitrogens with zero attached hydrogens (tertiary/aromatic N) is 1. The van der Waals surface area contributed by atoms with Gasteiger partial charge in [-0.05, 0) is 38.4 Å². The van der Waals surface area contributed by atoms with E-state index >= 15 is 0 Å². The molecule has 0 bridgehead atoms. The van der Waals surface area contributed by atoms with Crippen LogP contribution in [0.1, 0.15) is 30.1 Å². The first-order valence-electron chi connectivity index (χ1n) is 6.71. The van der Waals surface area contributed by atoms with Gasteiger partial charge >= 0.3 is 0 Å². The van der Waals surface area contributed by atoms with Gasteiger partial charge in [0.2, 0.25) is 0 Å². The van der Waals surface area contributed by atoms with Crippen LogP contribution in [0.4, 0.5) is 13.2 Å². The Kier molecular flexibility index (Phi) is 4.65. The zero-order chi connectivity index (χ0) is 14.7. The maximum Gasteiger partial charge on any atom is 0.257 e. The number of rotatable bonds is 3. The first kappa shape index (κ1) is 14.8. The molecule has 1 unspecified atom stereocenters. The van der Waals surface area contributed by atoms with Crippen molar-refractivity contribution in [2.45, 2.75) is 25.8 Å². The molecular weight excluding hydrogens is 269 g/mol. The Morgan fingerprint density at radius 2 is 2.10 bits per heavy atom. The van der Waals surface area contributed by atoms with Crippen molar-refractivity contribution in [3.63, 3.8) is 0 Å². The summed E-state index contributed by atoms with van der Waals surface area (Å²) in [5.74, 6) is -4.91. The predicted molar refractivity (Wildman–Crippen MR) is 68.9 cm³/mol. The highest BCUT2D eigenvalue weighted by atomic mass is 19.2. The van der Waals surface area contributed by atoms with Crippen molar-refractivity contribution in [3.05, 3.63) is 35.1 Å². The molecule has 1 N–H and O–H groups in total. The predicted octanol–water partition coefficient (Wildman–Crippen LogP) is 2.32. The van der Waals surface area contributed by atoms with Gasteiger partial charge < -0.3 is 10.2 Å². The lowest BCUT2D eigenvalue weighted by Gasteiger charge is -2.34. The quantitative estimate of drug-likeness (QED) is 0.865. The molecule has 1 aliphatic heterocycles. The van der Waals surface area contributed by atoms with Gasteiger partial charge in [0.25, 0.3) is 5.91 Å². The third kappa shape index (κ3) is 2.80. The van der Waals surface area contributed by atoms with Crippen molar-refractivity contribution in [2.24, 2.45) is 0 Å². The van der Waals surface area contributed by atoms with Crippen LogP contribution in [0, 0.1) is 17.5 Å². The number of halogens is 3. The number of piperidine rings is 1. The fourth-order valence-corrected chi connectivity index (χ4v) is 2.51. The lowest BCUT2D eigenvalue weighted by molar-refractivity contribution is 0.0656. The molecule has 20 heavy (non-hydrogen) atoms. The van der Waals surface area contributed by atoms with Gasteiger partial charge in [-0.2, -0.15) is 0 Å². The minimum Gasteiger partial charge on any atom is -0.335 e. The molecular formula is C14H17F3N2O. The molecule has 0 aromatic heterocycles. The Morgan fingerprint density at radius 1 is 1.35 bits per heavy atom. The normalized spacial score (nSPS) is 18.9. The highest BCUT2D eigenvalue weighted by molar-refractivity contribution is 5.94. The van der Waals surface area contributed by atoms with Gasteiger partial charge in [0.1, 0.15) is 0 Å². The van der Waals surface area contributed by atoms with E-state index in [0.717, 1.165) is 31.5 Å². The molecule has 0 spiro atoms. The van der Waals surface area contributed by atoms with Crippen LogP contribution >= 0.6 is 0 Å². The number of hydrogen-bond donors (Lipinski definition) is 1. The fourth-order valence-electron chi connectivity index (χ4n) is 2.51. The summed E-state index contributed by atoms with van der Waals surface area (Å²) < 4.78 is 39.8. The molecule has 1 atom stereocenters. The molecule has 1 fully saturated rings. The second-order valence-corrected chi connectivity index (χ2v) is 4.81. The number of nitrogens with one attached hydrogen (secondary N) is 1. The molecule has 2 rings (SSSR count). The fraction of sp³-hybridized carbons (Fsp3) is 0.500. The van der Waals surface area contributed by atoms with Crippen molar-refractivity contribution in [2.75, 3.05) is 19.6 Å². The highest BCUT2D eigenvalue weighted by Crippen LogP contribution is 2.19. The maximum atomic E-state index is 13.7. The SMILES string of the molecule is CCN(C(=O)c1ccc(F)c(F)c1F)C1CCCNC1. The van der Waals surface area contributed by atoms with Gasteiger partial charge in [-0.15, -0.1) is 0 Å². The first-order valence-corrected chi connectivity index (χ1v) is 6.71. The summed E-state index contributed by atoms with van der Waals surface area (Å²) >= 11 is 0. The molecule has 1 saturated heterocycles. The summed E-state index contributed by atoms with van der Waals surface area (Å²) in [5.41, 5.74) is -0.420. The van der Waals surface area contributed by atoms with E-state index in [1.807, 2.05) is 0 Å². The summed E-state index contributed by atoms with van der Waals surface area (Å²) in [6, 6.07) is 1.72. The Balaban J connectivity index is 2.26. The minimum absolute atomic E-state index is 0.0474. The Morgan fingerprint density at radius 3 is 2.70 bits per heavy atom. The molecule has 0 saturated carbocycles. The van der Waals surface area contributed by atoms with Crippen LogP contribution in [0.25, 0.3) is 0 Å². The lowest BCUT2D eigenvalue weighted by atomic mass is 10.0. The molecule has 6 heteroatoms. The average molecular weight is 286 g/mol. The number of likely N-dealkylation sites (N-methyl/N-ethyl adjacent to an activating group) is 1. The van der Waals surface area contributed by atoms with Crippen LogP contribution in [0.3, 0.4) is 0 Å². The van der Waals surface area contributed by atoms with Crippen molar-refractivity contribution in [1.82, 2.24) is 10.2 Å². The molecule has 1 amide bonds. The van der Waals surface area contributed by atoms with Crippen LogP contribution in [-0.2, 0) is 0 Å². The summed E-state index contributed by atoms with van der Waals surface area (Å²) in [7, 11) is 0. The molecule has 3 nitrogen and oxygen atoms in total. The highest BCUT2D eigenvalue weighted by Gasteiger charge is 2.28. The largest absolute Gasteiger partial charge is 0.335 e. The number of carbonyl (C=O) groups is 1. The summed E-state index contributed by atoms with van der Waals surface area (Å²) in [6.07, 6.45) is 1.74. The van der Waals surface area contributed by atoms with Crippen LogP contribution in [0.2, 0.25) is 0 Å². The number of hydrogen-bond acceptors (Lipinski definition) is 2. The van der Waals surface area contributed by atoms with Gasteiger partial charge in [0.15, 0.2) is 17.5 Å². The van der Waals surface area contributed by atoms with E-state index in [9.17, 15) is 18.0 Å². The minimum atomic E-state index is -1.60. The third-order valence-corrected chi connectivity index (χ3v) is 3.58. The lowest BCUT2D eigenvalue weighted by Crippen LogP contribution is -2.48. The van der Waals surface area contributed by atoms with Crippen molar-refractivity contribution < 1.29 is 18.0 Å².